The van der Waals surface area contributed by atoms with E-state index in [1.165, 1.54) is 27.8 Å². The molecule has 0 bridgehead atoms. The molecule has 0 saturated carbocycles. The number of nitrogens with zero attached hydrogens (tertiary/aromatic N) is 3. The maximum absolute atomic E-state index is 6.50. The van der Waals surface area contributed by atoms with Crippen LogP contribution in [-0.2, 0) is 5.41 Å². The van der Waals surface area contributed by atoms with Gasteiger partial charge in [0, 0.05) is 32.9 Å². The second-order valence-corrected chi connectivity index (χ2v) is 15.1. The monoisotopic (exact) mass is 743 g/mol. The Hall–Kier alpha value is -7.43. The predicted molar refractivity (Wildman–Crippen MR) is 236 cm³/mol. The standard InChI is InChI=1S/C54H37N3O/c1-2-54(42-24-10-5-11-25-42)47-32-41(28-29-43(47)45-33-46-44-26-12-13-27-49(44)58-50(46)34-48(45)54)53-56-51(39-22-14-20-37(30-39)35-16-6-3-7-17-35)55-52(57-53)40-23-15-21-38(31-40)36-18-8-4-9-19-36/h3-34H,2H2,1H3. The second kappa shape index (κ2) is 13.6. The normalized spacial score (nSPS) is 14.4. The van der Waals surface area contributed by atoms with Gasteiger partial charge < -0.3 is 4.42 Å². The van der Waals surface area contributed by atoms with Gasteiger partial charge in [0.1, 0.15) is 11.2 Å². The number of fused-ring (bicyclic) bond motifs is 6. The maximum Gasteiger partial charge on any atom is 0.164 e. The van der Waals surface area contributed by atoms with Crippen LogP contribution in [0, 0.1) is 0 Å². The summed E-state index contributed by atoms with van der Waals surface area (Å²) >= 11 is 0. The molecule has 0 N–H and O–H groups in total. The van der Waals surface area contributed by atoms with Crippen LogP contribution in [0.15, 0.2) is 199 Å². The molecule has 0 radical (unpaired) electrons. The summed E-state index contributed by atoms with van der Waals surface area (Å²) in [5, 5.41) is 2.26. The van der Waals surface area contributed by atoms with Gasteiger partial charge in [0.2, 0.25) is 0 Å². The molecule has 1 unspecified atom stereocenters. The first-order valence-corrected chi connectivity index (χ1v) is 19.9. The summed E-state index contributed by atoms with van der Waals surface area (Å²) in [5.74, 6) is 1.89. The number of hydrogen-bond donors (Lipinski definition) is 0. The lowest BCUT2D eigenvalue weighted by atomic mass is 9.70. The molecule has 0 spiro atoms. The summed E-state index contributed by atoms with van der Waals surface area (Å²) in [6, 6.07) is 68.5. The molecule has 2 aromatic heterocycles. The molecule has 2 heterocycles. The minimum atomic E-state index is -0.415. The van der Waals surface area contributed by atoms with Gasteiger partial charge >= 0.3 is 0 Å². The van der Waals surface area contributed by atoms with E-state index in [0.29, 0.717) is 17.5 Å². The first-order valence-electron chi connectivity index (χ1n) is 19.9. The fourth-order valence-electron chi connectivity index (χ4n) is 9.08. The van der Waals surface area contributed by atoms with Crippen LogP contribution in [-0.4, -0.2) is 15.0 Å². The van der Waals surface area contributed by atoms with Gasteiger partial charge in [-0.2, -0.15) is 0 Å². The van der Waals surface area contributed by atoms with Crippen molar-refractivity contribution >= 4 is 21.9 Å². The van der Waals surface area contributed by atoms with E-state index in [2.05, 4.69) is 183 Å². The van der Waals surface area contributed by atoms with E-state index in [1.54, 1.807) is 0 Å². The Kier molecular flexibility index (Phi) is 7.97. The molecule has 1 aliphatic rings. The van der Waals surface area contributed by atoms with Crippen LogP contribution in [0.3, 0.4) is 0 Å². The molecule has 0 amide bonds. The summed E-state index contributed by atoms with van der Waals surface area (Å²) in [7, 11) is 0. The molecule has 58 heavy (non-hydrogen) atoms. The molecule has 0 saturated heterocycles. The largest absolute Gasteiger partial charge is 0.456 e. The van der Waals surface area contributed by atoms with E-state index >= 15 is 0 Å². The van der Waals surface area contributed by atoms with Crippen LogP contribution in [0.25, 0.3) is 89.5 Å². The van der Waals surface area contributed by atoms with Crippen LogP contribution >= 0.6 is 0 Å². The molecule has 11 rings (SSSR count). The summed E-state index contributed by atoms with van der Waals surface area (Å²) in [6.07, 6.45) is 0.860. The van der Waals surface area contributed by atoms with Crippen LogP contribution < -0.4 is 0 Å². The summed E-state index contributed by atoms with van der Waals surface area (Å²) in [5.41, 5.74) is 14.9. The highest BCUT2D eigenvalue weighted by molar-refractivity contribution is 6.08. The Balaban J connectivity index is 1.12. The molecule has 0 fully saturated rings. The molecule has 0 aliphatic heterocycles. The quantitative estimate of drug-likeness (QED) is 0.163. The minimum Gasteiger partial charge on any atom is -0.456 e. The minimum absolute atomic E-state index is 0.415. The number of hydrogen-bond acceptors (Lipinski definition) is 4. The lowest BCUT2D eigenvalue weighted by Gasteiger charge is -2.32. The van der Waals surface area contributed by atoms with E-state index in [0.717, 1.165) is 67.3 Å². The molecular weight excluding hydrogens is 707 g/mol. The van der Waals surface area contributed by atoms with Crippen molar-refractivity contribution in [1.82, 2.24) is 15.0 Å². The van der Waals surface area contributed by atoms with Crippen LogP contribution in [0.4, 0.5) is 0 Å². The highest BCUT2D eigenvalue weighted by Gasteiger charge is 2.44. The molecule has 8 aromatic carbocycles. The summed E-state index contributed by atoms with van der Waals surface area (Å²) < 4.78 is 6.50. The molecular formula is C54H37N3O. The number of para-hydroxylation sites is 1. The molecule has 4 nitrogen and oxygen atoms in total. The number of rotatable bonds is 7. The highest BCUT2D eigenvalue weighted by atomic mass is 16.3. The summed E-state index contributed by atoms with van der Waals surface area (Å²) in [6.45, 7) is 2.29. The van der Waals surface area contributed by atoms with E-state index in [9.17, 15) is 0 Å². The van der Waals surface area contributed by atoms with Crippen LogP contribution in [0.5, 0.6) is 0 Å². The first-order chi connectivity index (χ1) is 28.7. The molecule has 10 aromatic rings. The zero-order chi connectivity index (χ0) is 38.6. The smallest absolute Gasteiger partial charge is 0.164 e. The van der Waals surface area contributed by atoms with E-state index < -0.39 is 5.41 Å². The zero-order valence-corrected chi connectivity index (χ0v) is 31.9. The molecule has 1 atom stereocenters. The SMILES string of the molecule is CCC1(c2ccccc2)c2cc(-c3nc(-c4cccc(-c5ccccc5)c4)nc(-c4cccc(-c5ccccc5)c4)n3)ccc2-c2cc3c(cc21)oc1ccccc13. The van der Waals surface area contributed by atoms with Crippen molar-refractivity contribution in [3.05, 3.63) is 211 Å². The van der Waals surface area contributed by atoms with Crippen LogP contribution in [0.1, 0.15) is 30.0 Å². The van der Waals surface area contributed by atoms with Gasteiger partial charge in [-0.15, -0.1) is 0 Å². The fourth-order valence-corrected chi connectivity index (χ4v) is 9.08. The average Bonchev–Trinajstić information content (AvgIpc) is 3.81. The second-order valence-electron chi connectivity index (χ2n) is 15.1. The van der Waals surface area contributed by atoms with Crippen molar-refractivity contribution in [3.63, 3.8) is 0 Å². The number of benzene rings is 8. The molecule has 274 valence electrons. The van der Waals surface area contributed by atoms with Crippen molar-refractivity contribution in [3.8, 4) is 67.5 Å². The lowest BCUT2D eigenvalue weighted by Crippen LogP contribution is -2.26. The third-order valence-electron chi connectivity index (χ3n) is 11.9. The van der Waals surface area contributed by atoms with E-state index in [1.807, 2.05) is 18.2 Å². The summed E-state index contributed by atoms with van der Waals surface area (Å²) in [4.78, 5) is 15.7. The average molecular weight is 744 g/mol. The first kappa shape index (κ1) is 33.9. The zero-order valence-electron chi connectivity index (χ0n) is 31.9. The van der Waals surface area contributed by atoms with Crippen molar-refractivity contribution < 1.29 is 4.42 Å². The van der Waals surface area contributed by atoms with Gasteiger partial charge in [-0.05, 0) is 92.9 Å². The van der Waals surface area contributed by atoms with Crippen molar-refractivity contribution in [1.29, 1.82) is 0 Å². The van der Waals surface area contributed by atoms with Crippen molar-refractivity contribution in [2.75, 3.05) is 0 Å². The van der Waals surface area contributed by atoms with Crippen molar-refractivity contribution in [2.24, 2.45) is 0 Å². The molecule has 1 aliphatic carbocycles. The van der Waals surface area contributed by atoms with Gasteiger partial charge in [0.15, 0.2) is 17.5 Å². The third kappa shape index (κ3) is 5.48. The van der Waals surface area contributed by atoms with Gasteiger partial charge in [0.25, 0.3) is 0 Å². The van der Waals surface area contributed by atoms with Crippen LogP contribution in [0.2, 0.25) is 0 Å². The predicted octanol–water partition coefficient (Wildman–Crippen LogP) is 13.8. The van der Waals surface area contributed by atoms with E-state index in [4.69, 9.17) is 19.4 Å². The van der Waals surface area contributed by atoms with Gasteiger partial charge in [-0.3, -0.25) is 0 Å². The Morgan fingerprint density at radius 2 is 0.879 bits per heavy atom. The Labute approximate surface area is 337 Å². The molecule has 4 heteroatoms. The maximum atomic E-state index is 6.50. The van der Waals surface area contributed by atoms with Crippen molar-refractivity contribution in [2.45, 2.75) is 18.8 Å². The van der Waals surface area contributed by atoms with Gasteiger partial charge in [-0.25, -0.2) is 15.0 Å². The third-order valence-corrected chi connectivity index (χ3v) is 11.9. The number of furan rings is 1. The lowest BCUT2D eigenvalue weighted by molar-refractivity contribution is 0.606. The Morgan fingerprint density at radius 1 is 0.379 bits per heavy atom. The van der Waals surface area contributed by atoms with Gasteiger partial charge in [0.05, 0.1) is 0 Å². The van der Waals surface area contributed by atoms with Gasteiger partial charge in [-0.1, -0.05) is 165 Å². The number of aromatic nitrogens is 3. The Morgan fingerprint density at radius 3 is 1.48 bits per heavy atom. The fraction of sp³-hybridized carbons (Fsp3) is 0.0556. The topological polar surface area (TPSA) is 51.8 Å². The Bertz CT molecular complexity index is 3050. The highest BCUT2D eigenvalue weighted by Crippen LogP contribution is 2.56. The van der Waals surface area contributed by atoms with E-state index in [-0.39, 0.29) is 0 Å².